The minimum absolute atomic E-state index is 0.110. The molecule has 0 bridgehead atoms. The lowest BCUT2D eigenvalue weighted by molar-refractivity contribution is -0.138. The summed E-state index contributed by atoms with van der Waals surface area (Å²) in [5, 5.41) is 14.8. The van der Waals surface area contributed by atoms with Gasteiger partial charge >= 0.3 is 11.9 Å². The van der Waals surface area contributed by atoms with Crippen LogP contribution in [-0.2, 0) is 32.0 Å². The number of esters is 1. The molecule has 1 aromatic carbocycles. The van der Waals surface area contributed by atoms with Gasteiger partial charge in [-0.15, -0.1) is 23.1 Å². The Morgan fingerprint density at radius 3 is 2.71 bits per heavy atom. The van der Waals surface area contributed by atoms with E-state index in [-0.39, 0.29) is 37.0 Å². The molecule has 0 spiro atoms. The number of benzene rings is 1. The van der Waals surface area contributed by atoms with Crippen molar-refractivity contribution in [3.63, 3.8) is 0 Å². The maximum Gasteiger partial charge on any atom is 0.341 e. The van der Waals surface area contributed by atoms with Gasteiger partial charge in [0.25, 0.3) is 0 Å². The van der Waals surface area contributed by atoms with Gasteiger partial charge in [0.2, 0.25) is 11.8 Å². The summed E-state index contributed by atoms with van der Waals surface area (Å²) < 4.78 is 5.25. The number of amides is 2. The summed E-state index contributed by atoms with van der Waals surface area (Å²) in [5.41, 5.74) is 2.01. The number of carbonyl (C=O) groups is 4. The molecule has 3 rings (SSSR count). The summed E-state index contributed by atoms with van der Waals surface area (Å²) in [6.45, 7) is 4.22. The number of carbonyl (C=O) groups excluding carboxylic acids is 3. The van der Waals surface area contributed by atoms with Crippen LogP contribution in [0.4, 0.5) is 10.7 Å². The zero-order valence-electron chi connectivity index (χ0n) is 19.1. The third-order valence-corrected chi connectivity index (χ3v) is 7.46. The Morgan fingerprint density at radius 1 is 1.18 bits per heavy atom. The third kappa shape index (κ3) is 7.07. The van der Waals surface area contributed by atoms with Crippen LogP contribution < -0.4 is 10.6 Å². The van der Waals surface area contributed by atoms with Crippen LogP contribution in [0.25, 0.3) is 0 Å². The number of hydrogen-bond acceptors (Lipinski definition) is 7. The van der Waals surface area contributed by atoms with Crippen molar-refractivity contribution in [2.24, 2.45) is 5.92 Å². The maximum absolute atomic E-state index is 12.7. The van der Waals surface area contributed by atoms with E-state index < -0.39 is 11.9 Å². The second kappa shape index (κ2) is 12.0. The van der Waals surface area contributed by atoms with Crippen LogP contribution in [-0.4, -0.2) is 41.2 Å². The molecule has 0 radical (unpaired) electrons. The van der Waals surface area contributed by atoms with Gasteiger partial charge in [-0.3, -0.25) is 14.4 Å². The van der Waals surface area contributed by atoms with Crippen LogP contribution in [0.3, 0.4) is 0 Å². The number of aliphatic carboxylic acids is 1. The van der Waals surface area contributed by atoms with E-state index >= 15 is 0 Å². The van der Waals surface area contributed by atoms with Crippen LogP contribution in [0.2, 0.25) is 0 Å². The summed E-state index contributed by atoms with van der Waals surface area (Å²) in [6.07, 6.45) is 2.35. The first-order chi connectivity index (χ1) is 16.3. The van der Waals surface area contributed by atoms with E-state index in [1.807, 2.05) is 6.07 Å². The number of rotatable bonds is 10. The molecule has 1 unspecified atom stereocenters. The Balaban J connectivity index is 1.63. The van der Waals surface area contributed by atoms with Gasteiger partial charge in [0.05, 0.1) is 24.3 Å². The van der Waals surface area contributed by atoms with Crippen molar-refractivity contribution in [1.29, 1.82) is 0 Å². The highest BCUT2D eigenvalue weighted by Gasteiger charge is 2.29. The molecule has 2 amide bonds. The van der Waals surface area contributed by atoms with E-state index in [0.29, 0.717) is 22.2 Å². The molecule has 3 N–H and O–H groups in total. The quantitative estimate of drug-likeness (QED) is 0.320. The standard InChI is InChI=1S/C24H28N2O6S2/c1-3-32-24(31)22-17-8-7-14(2)11-18(17)34-23(22)26-20(28)13-33-16-6-4-5-15(12-16)25-19(27)9-10-21(29)30/h4-6,12,14H,3,7-11,13H2,1-2H3,(H,25,27)(H,26,28)(H,29,30). The number of fused-ring (bicyclic) bond motifs is 1. The van der Waals surface area contributed by atoms with Gasteiger partial charge in [-0.1, -0.05) is 13.0 Å². The van der Waals surface area contributed by atoms with E-state index in [1.165, 1.54) is 23.1 Å². The summed E-state index contributed by atoms with van der Waals surface area (Å²) in [5.74, 6) is -1.39. The molecule has 0 aliphatic heterocycles. The van der Waals surface area contributed by atoms with Crippen molar-refractivity contribution in [2.75, 3.05) is 23.0 Å². The summed E-state index contributed by atoms with van der Waals surface area (Å²) >= 11 is 2.75. The predicted molar refractivity (Wildman–Crippen MR) is 133 cm³/mol. The monoisotopic (exact) mass is 504 g/mol. The number of carboxylic acid groups (broad SMARTS) is 1. The van der Waals surface area contributed by atoms with E-state index in [9.17, 15) is 19.2 Å². The van der Waals surface area contributed by atoms with E-state index in [1.54, 1.807) is 25.1 Å². The lowest BCUT2D eigenvalue weighted by Crippen LogP contribution is -2.17. The Hall–Kier alpha value is -2.85. The molecular formula is C24H28N2O6S2. The van der Waals surface area contributed by atoms with Crippen LogP contribution in [0.1, 0.15) is 53.9 Å². The molecule has 1 aliphatic rings. The normalized spacial score (nSPS) is 14.7. The maximum atomic E-state index is 12.7. The van der Waals surface area contributed by atoms with Crippen LogP contribution >= 0.6 is 23.1 Å². The Bertz CT molecular complexity index is 1080. The van der Waals surface area contributed by atoms with Crippen molar-refractivity contribution < 1.29 is 29.0 Å². The lowest BCUT2D eigenvalue weighted by atomic mass is 9.88. The first-order valence-electron chi connectivity index (χ1n) is 11.1. The van der Waals surface area contributed by atoms with Gasteiger partial charge in [0, 0.05) is 21.9 Å². The number of thioether (sulfide) groups is 1. The van der Waals surface area contributed by atoms with Gasteiger partial charge in [-0.05, 0) is 55.9 Å². The molecule has 2 aromatic rings. The molecule has 34 heavy (non-hydrogen) atoms. The molecule has 0 saturated heterocycles. The van der Waals surface area contributed by atoms with Crippen LogP contribution in [0.5, 0.6) is 0 Å². The lowest BCUT2D eigenvalue weighted by Gasteiger charge is -2.18. The van der Waals surface area contributed by atoms with Gasteiger partial charge in [-0.2, -0.15) is 0 Å². The average molecular weight is 505 g/mol. The fraction of sp³-hybridized carbons (Fsp3) is 0.417. The second-order valence-corrected chi connectivity index (χ2v) is 10.2. The molecule has 0 fully saturated rings. The second-order valence-electron chi connectivity index (χ2n) is 8.08. The minimum Gasteiger partial charge on any atom is -0.481 e. The van der Waals surface area contributed by atoms with E-state index in [4.69, 9.17) is 9.84 Å². The molecule has 1 aromatic heterocycles. The number of anilines is 2. The number of ether oxygens (including phenoxy) is 1. The number of nitrogens with one attached hydrogen (secondary N) is 2. The van der Waals surface area contributed by atoms with Crippen molar-refractivity contribution in [2.45, 2.75) is 50.8 Å². The Labute approximate surface area is 206 Å². The number of hydrogen-bond donors (Lipinski definition) is 3. The zero-order valence-corrected chi connectivity index (χ0v) is 20.8. The molecule has 182 valence electrons. The van der Waals surface area contributed by atoms with Gasteiger partial charge in [0.1, 0.15) is 5.00 Å². The van der Waals surface area contributed by atoms with E-state index in [2.05, 4.69) is 17.6 Å². The SMILES string of the molecule is CCOC(=O)c1c(NC(=O)CSc2cccc(NC(=O)CCC(=O)O)c2)sc2c1CCC(C)C2. The molecular weight excluding hydrogens is 476 g/mol. The smallest absolute Gasteiger partial charge is 0.341 e. The fourth-order valence-electron chi connectivity index (χ4n) is 3.68. The fourth-order valence-corrected chi connectivity index (χ4v) is 5.85. The van der Waals surface area contributed by atoms with Crippen LogP contribution in [0, 0.1) is 5.92 Å². The molecule has 10 heteroatoms. The van der Waals surface area contributed by atoms with E-state index in [0.717, 1.165) is 34.6 Å². The highest BCUT2D eigenvalue weighted by atomic mass is 32.2. The Kier molecular flexibility index (Phi) is 9.12. The van der Waals surface area contributed by atoms with Crippen molar-refractivity contribution in [3.8, 4) is 0 Å². The minimum atomic E-state index is -1.03. The topological polar surface area (TPSA) is 122 Å². The molecule has 1 atom stereocenters. The van der Waals surface area contributed by atoms with Crippen molar-refractivity contribution in [1.82, 2.24) is 0 Å². The number of carboxylic acids is 1. The average Bonchev–Trinajstić information content (AvgIpc) is 3.13. The number of thiophene rings is 1. The molecule has 8 nitrogen and oxygen atoms in total. The molecule has 1 aliphatic carbocycles. The van der Waals surface area contributed by atoms with Crippen LogP contribution in [0.15, 0.2) is 29.2 Å². The van der Waals surface area contributed by atoms with Gasteiger partial charge in [0.15, 0.2) is 0 Å². The third-order valence-electron chi connectivity index (χ3n) is 5.30. The largest absolute Gasteiger partial charge is 0.481 e. The van der Waals surface area contributed by atoms with Crippen molar-refractivity contribution >= 4 is 57.5 Å². The first-order valence-corrected chi connectivity index (χ1v) is 12.9. The Morgan fingerprint density at radius 2 is 1.97 bits per heavy atom. The molecule has 1 heterocycles. The highest BCUT2D eigenvalue weighted by Crippen LogP contribution is 2.40. The predicted octanol–water partition coefficient (Wildman–Crippen LogP) is 4.58. The zero-order chi connectivity index (χ0) is 24.7. The summed E-state index contributed by atoms with van der Waals surface area (Å²) in [4.78, 5) is 49.7. The first kappa shape index (κ1) is 25.8. The summed E-state index contributed by atoms with van der Waals surface area (Å²) in [6, 6.07) is 7.00. The summed E-state index contributed by atoms with van der Waals surface area (Å²) in [7, 11) is 0. The molecule has 0 saturated carbocycles. The highest BCUT2D eigenvalue weighted by molar-refractivity contribution is 8.00. The van der Waals surface area contributed by atoms with Gasteiger partial charge < -0.3 is 20.5 Å². The van der Waals surface area contributed by atoms with Crippen molar-refractivity contribution in [3.05, 3.63) is 40.3 Å². The van der Waals surface area contributed by atoms with Gasteiger partial charge in [-0.25, -0.2) is 4.79 Å².